The average Bonchev–Trinajstić information content (AvgIpc) is 2.91. The van der Waals surface area contributed by atoms with E-state index in [4.69, 9.17) is 16.3 Å². The molecule has 1 aromatic carbocycles. The number of methoxy groups -OCH3 is 1. The monoisotopic (exact) mass is 357 g/mol. The maximum absolute atomic E-state index is 12.7. The van der Waals surface area contributed by atoms with Gasteiger partial charge in [-0.25, -0.2) is 5.10 Å². The summed E-state index contributed by atoms with van der Waals surface area (Å²) in [7, 11) is 3.36. The van der Waals surface area contributed by atoms with Crippen molar-refractivity contribution in [2.45, 2.75) is 6.42 Å². The number of aromatic amines is 1. The summed E-state index contributed by atoms with van der Waals surface area (Å²) < 4.78 is 6.86. The number of benzene rings is 1. The van der Waals surface area contributed by atoms with Gasteiger partial charge in [-0.3, -0.25) is 9.59 Å². The summed E-state index contributed by atoms with van der Waals surface area (Å²) in [6.07, 6.45) is 0.405. The first-order valence-corrected chi connectivity index (χ1v) is 7.95. The molecule has 6 nitrogen and oxygen atoms in total. The maximum Gasteiger partial charge on any atom is 0.264 e. The van der Waals surface area contributed by atoms with Gasteiger partial charge in [0.2, 0.25) is 5.78 Å². The van der Waals surface area contributed by atoms with Crippen LogP contribution in [0.3, 0.4) is 0 Å². The zero-order chi connectivity index (χ0) is 18.0. The van der Waals surface area contributed by atoms with E-state index in [-0.39, 0.29) is 11.3 Å². The van der Waals surface area contributed by atoms with Gasteiger partial charge in [0.1, 0.15) is 5.75 Å². The summed E-state index contributed by atoms with van der Waals surface area (Å²) in [6.45, 7) is 0. The molecule has 7 heteroatoms. The van der Waals surface area contributed by atoms with E-state index >= 15 is 0 Å². The molecule has 1 N–H and O–H groups in total. The van der Waals surface area contributed by atoms with Gasteiger partial charge in [0.05, 0.1) is 23.5 Å². The third kappa shape index (κ3) is 3.49. The Labute approximate surface area is 149 Å². The molecule has 128 valence electrons. The zero-order valence-corrected chi connectivity index (χ0v) is 14.5. The molecule has 0 aliphatic carbocycles. The van der Waals surface area contributed by atoms with E-state index in [0.717, 1.165) is 5.69 Å². The van der Waals surface area contributed by atoms with Crippen molar-refractivity contribution in [1.82, 2.24) is 14.8 Å². The highest BCUT2D eigenvalue weighted by Crippen LogP contribution is 2.25. The summed E-state index contributed by atoms with van der Waals surface area (Å²) in [5.41, 5.74) is 2.17. The molecule has 0 atom stereocenters. The van der Waals surface area contributed by atoms with Crippen molar-refractivity contribution in [2.75, 3.05) is 7.11 Å². The normalized spacial score (nSPS) is 10.7. The number of carbonyl (C=O) groups excluding carboxylic acids is 1. The molecular formula is C18H16ClN3O3. The van der Waals surface area contributed by atoms with Crippen LogP contribution in [0.4, 0.5) is 0 Å². The van der Waals surface area contributed by atoms with E-state index in [1.165, 1.54) is 6.07 Å². The smallest absolute Gasteiger partial charge is 0.264 e. The summed E-state index contributed by atoms with van der Waals surface area (Å²) in [4.78, 5) is 23.8. The number of rotatable bonds is 5. The van der Waals surface area contributed by atoms with Crippen molar-refractivity contribution >= 4 is 17.4 Å². The number of ketones is 1. The Hall–Kier alpha value is -2.86. The van der Waals surface area contributed by atoms with Crippen molar-refractivity contribution in [3.63, 3.8) is 0 Å². The molecular weight excluding hydrogens is 342 g/mol. The number of hydrogen-bond donors (Lipinski definition) is 1. The highest BCUT2D eigenvalue weighted by Gasteiger charge is 2.19. The van der Waals surface area contributed by atoms with Crippen LogP contribution in [0.1, 0.15) is 27.4 Å². The van der Waals surface area contributed by atoms with Gasteiger partial charge in [-0.05, 0) is 36.4 Å². The SMILES string of the molecule is COc1ccc(C(=O)c2cc(Cl)c(Cc3ccc(=O)[nH]n3)n2C)cc1. The van der Waals surface area contributed by atoms with Gasteiger partial charge >= 0.3 is 0 Å². The molecule has 0 unspecified atom stereocenters. The molecule has 0 radical (unpaired) electrons. The molecule has 0 amide bonds. The lowest BCUT2D eigenvalue weighted by atomic mass is 10.1. The average molecular weight is 358 g/mol. The molecule has 0 saturated heterocycles. The van der Waals surface area contributed by atoms with Crippen LogP contribution in [0, 0.1) is 0 Å². The van der Waals surface area contributed by atoms with Crippen LogP contribution in [-0.2, 0) is 13.5 Å². The number of carbonyl (C=O) groups is 1. The van der Waals surface area contributed by atoms with Crippen molar-refractivity contribution in [3.05, 3.63) is 80.5 Å². The fourth-order valence-corrected chi connectivity index (χ4v) is 2.86. The molecule has 2 aromatic heterocycles. The molecule has 0 fully saturated rings. The standard InChI is InChI=1S/C18H16ClN3O3/c1-22-15(9-12-5-8-17(23)21-20-12)14(19)10-16(22)18(24)11-3-6-13(25-2)7-4-11/h3-8,10H,9H2,1-2H3,(H,21,23). The van der Waals surface area contributed by atoms with Crippen LogP contribution in [0.25, 0.3) is 0 Å². The Morgan fingerprint density at radius 3 is 2.56 bits per heavy atom. The minimum atomic E-state index is -0.267. The van der Waals surface area contributed by atoms with E-state index in [9.17, 15) is 9.59 Å². The lowest BCUT2D eigenvalue weighted by Gasteiger charge is -2.08. The van der Waals surface area contributed by atoms with E-state index in [0.29, 0.717) is 34.1 Å². The minimum Gasteiger partial charge on any atom is -0.497 e. The molecule has 2 heterocycles. The van der Waals surface area contributed by atoms with E-state index in [1.807, 2.05) is 0 Å². The van der Waals surface area contributed by atoms with Crippen molar-refractivity contribution in [1.29, 1.82) is 0 Å². The van der Waals surface area contributed by atoms with Crippen molar-refractivity contribution in [3.8, 4) is 5.75 Å². The number of H-pyrrole nitrogens is 1. The third-order valence-electron chi connectivity index (χ3n) is 3.98. The highest BCUT2D eigenvalue weighted by molar-refractivity contribution is 6.32. The Morgan fingerprint density at radius 2 is 1.96 bits per heavy atom. The predicted octanol–water partition coefficient (Wildman–Crippen LogP) is 2.59. The molecule has 0 spiro atoms. The second-order valence-corrected chi connectivity index (χ2v) is 5.94. The number of nitrogens with one attached hydrogen (secondary N) is 1. The van der Waals surface area contributed by atoms with Gasteiger partial charge in [0.25, 0.3) is 5.56 Å². The fraction of sp³-hybridized carbons (Fsp3) is 0.167. The van der Waals surface area contributed by atoms with Crippen LogP contribution in [0.2, 0.25) is 5.02 Å². The Balaban J connectivity index is 1.91. The largest absolute Gasteiger partial charge is 0.497 e. The molecule has 0 saturated carbocycles. The predicted molar refractivity (Wildman–Crippen MR) is 94.5 cm³/mol. The highest BCUT2D eigenvalue weighted by atomic mass is 35.5. The van der Waals surface area contributed by atoms with Crippen molar-refractivity contribution < 1.29 is 9.53 Å². The number of nitrogens with zero attached hydrogens (tertiary/aromatic N) is 2. The Bertz CT molecular complexity index is 954. The second kappa shape index (κ2) is 6.94. The fourth-order valence-electron chi connectivity index (χ4n) is 2.56. The molecule has 25 heavy (non-hydrogen) atoms. The summed E-state index contributed by atoms with van der Waals surface area (Å²) in [6, 6.07) is 11.6. The molecule has 0 bridgehead atoms. The first-order chi connectivity index (χ1) is 12.0. The number of hydrogen-bond acceptors (Lipinski definition) is 4. The second-order valence-electron chi connectivity index (χ2n) is 5.53. The van der Waals surface area contributed by atoms with Gasteiger partial charge in [-0.1, -0.05) is 11.6 Å². The molecule has 3 aromatic rings. The van der Waals surface area contributed by atoms with Gasteiger partial charge in [0.15, 0.2) is 0 Å². The molecule has 3 rings (SSSR count). The van der Waals surface area contributed by atoms with E-state index < -0.39 is 0 Å². The van der Waals surface area contributed by atoms with Crippen LogP contribution < -0.4 is 10.3 Å². The third-order valence-corrected chi connectivity index (χ3v) is 4.30. The summed E-state index contributed by atoms with van der Waals surface area (Å²) in [5.74, 6) is 0.555. The zero-order valence-electron chi connectivity index (χ0n) is 13.7. The lowest BCUT2D eigenvalue weighted by molar-refractivity contribution is 0.103. The van der Waals surface area contributed by atoms with Gasteiger partial charge < -0.3 is 9.30 Å². The van der Waals surface area contributed by atoms with Crippen LogP contribution in [0.15, 0.2) is 47.3 Å². The topological polar surface area (TPSA) is 77.0 Å². The van der Waals surface area contributed by atoms with Crippen molar-refractivity contribution in [2.24, 2.45) is 7.05 Å². The van der Waals surface area contributed by atoms with Crippen LogP contribution in [0.5, 0.6) is 5.75 Å². The van der Waals surface area contributed by atoms with E-state index in [1.54, 1.807) is 55.1 Å². The number of halogens is 1. The minimum absolute atomic E-state index is 0.132. The molecule has 0 aliphatic heterocycles. The van der Waals surface area contributed by atoms with Crippen LogP contribution in [-0.4, -0.2) is 27.7 Å². The van der Waals surface area contributed by atoms with Gasteiger partial charge in [-0.2, -0.15) is 5.10 Å². The Morgan fingerprint density at radius 1 is 1.24 bits per heavy atom. The van der Waals surface area contributed by atoms with E-state index in [2.05, 4.69) is 10.2 Å². The quantitative estimate of drug-likeness (QED) is 0.712. The first-order valence-electron chi connectivity index (χ1n) is 7.57. The van der Waals surface area contributed by atoms with Gasteiger partial charge in [-0.15, -0.1) is 0 Å². The van der Waals surface area contributed by atoms with Crippen LogP contribution >= 0.6 is 11.6 Å². The Kier molecular flexibility index (Phi) is 4.72. The number of ether oxygens (including phenoxy) is 1. The van der Waals surface area contributed by atoms with Gasteiger partial charge in [0, 0.05) is 30.8 Å². The lowest BCUT2D eigenvalue weighted by Crippen LogP contribution is -2.11. The molecule has 0 aliphatic rings. The number of aromatic nitrogens is 3. The maximum atomic E-state index is 12.7. The summed E-state index contributed by atoms with van der Waals surface area (Å²) >= 11 is 6.32. The first kappa shape index (κ1) is 17.0. The summed E-state index contributed by atoms with van der Waals surface area (Å²) in [5, 5.41) is 6.85.